The second-order valence-corrected chi connectivity index (χ2v) is 9.69. The first-order valence-corrected chi connectivity index (χ1v) is 11.4. The molecule has 1 atom stereocenters. The smallest absolute Gasteiger partial charge is 0.328 e. The fraction of sp³-hybridized carbons (Fsp3) is 0.400. The number of hydrogen-bond acceptors (Lipinski definition) is 4. The Labute approximate surface area is 199 Å². The van der Waals surface area contributed by atoms with Crippen LogP contribution in [0.25, 0.3) is 6.08 Å². The summed E-state index contributed by atoms with van der Waals surface area (Å²) in [5, 5.41) is 23.0. The Morgan fingerprint density at radius 2 is 1.84 bits per heavy atom. The molecule has 0 bridgehead atoms. The molecule has 5 nitrogen and oxygen atoms in total. The molecular weight excluding hydrogens is 449 g/mol. The molecule has 0 amide bonds. The van der Waals surface area contributed by atoms with Crippen molar-refractivity contribution >= 4 is 35.2 Å². The highest BCUT2D eigenvalue weighted by atomic mass is 35.5. The number of halogens is 2. The number of carboxylic acids is 1. The van der Waals surface area contributed by atoms with E-state index in [1.807, 2.05) is 0 Å². The van der Waals surface area contributed by atoms with E-state index < -0.39 is 12.1 Å². The number of carbonyl (C=O) groups is 1. The normalized spacial score (nSPS) is 15.2. The summed E-state index contributed by atoms with van der Waals surface area (Å²) in [6, 6.07) is 11.8. The Kier molecular flexibility index (Phi) is 8.23. The zero-order valence-corrected chi connectivity index (χ0v) is 19.8. The number of rotatable bonds is 10. The zero-order valence-electron chi connectivity index (χ0n) is 18.3. The van der Waals surface area contributed by atoms with Crippen molar-refractivity contribution in [2.45, 2.75) is 44.8 Å². The summed E-state index contributed by atoms with van der Waals surface area (Å²) in [5.74, 6) is -0.141. The number of nitrogens with one attached hydrogen (secondary N) is 1. The highest BCUT2D eigenvalue weighted by Gasteiger charge is 2.28. The Balaban J connectivity index is 1.47. The summed E-state index contributed by atoms with van der Waals surface area (Å²) in [6.07, 6.45) is 4.84. The molecule has 32 heavy (non-hydrogen) atoms. The van der Waals surface area contributed by atoms with Crippen molar-refractivity contribution in [2.24, 2.45) is 5.92 Å². The minimum absolute atomic E-state index is 0.0539. The molecule has 1 aliphatic rings. The van der Waals surface area contributed by atoms with Crippen LogP contribution in [0.15, 0.2) is 42.5 Å². The van der Waals surface area contributed by atoms with Crippen molar-refractivity contribution in [1.82, 2.24) is 5.32 Å². The van der Waals surface area contributed by atoms with Gasteiger partial charge in [0.2, 0.25) is 0 Å². The Bertz CT molecular complexity index is 965. The average molecular weight is 478 g/mol. The molecular formula is C25H29Cl2NO4. The van der Waals surface area contributed by atoms with Gasteiger partial charge < -0.3 is 20.3 Å². The van der Waals surface area contributed by atoms with E-state index in [0.717, 1.165) is 25.3 Å². The van der Waals surface area contributed by atoms with Crippen molar-refractivity contribution in [3.8, 4) is 5.75 Å². The van der Waals surface area contributed by atoms with Gasteiger partial charge in [-0.2, -0.15) is 0 Å². The SMILES string of the molecule is CC(C)(CC1Cc2ccccc2C1)NC[C@H](O)COc1ccc(/C=C/C(=O)O)c(Cl)c1Cl. The van der Waals surface area contributed by atoms with Gasteiger partial charge in [-0.05, 0) is 73.9 Å². The maximum absolute atomic E-state index is 10.7. The van der Waals surface area contributed by atoms with E-state index in [4.69, 9.17) is 33.0 Å². The molecule has 1 aliphatic carbocycles. The molecule has 0 radical (unpaired) electrons. The summed E-state index contributed by atoms with van der Waals surface area (Å²) in [7, 11) is 0. The van der Waals surface area contributed by atoms with E-state index in [-0.39, 0.29) is 22.2 Å². The van der Waals surface area contributed by atoms with Crippen molar-refractivity contribution in [1.29, 1.82) is 0 Å². The number of benzene rings is 2. The van der Waals surface area contributed by atoms with E-state index in [1.54, 1.807) is 12.1 Å². The molecule has 0 spiro atoms. The highest BCUT2D eigenvalue weighted by Crippen LogP contribution is 2.35. The Hall–Kier alpha value is -2.05. The number of ether oxygens (including phenoxy) is 1. The Morgan fingerprint density at radius 3 is 2.47 bits per heavy atom. The lowest BCUT2D eigenvalue weighted by molar-refractivity contribution is -0.131. The van der Waals surface area contributed by atoms with Gasteiger partial charge >= 0.3 is 5.97 Å². The van der Waals surface area contributed by atoms with Crippen LogP contribution in [0.1, 0.15) is 37.0 Å². The number of hydrogen-bond donors (Lipinski definition) is 3. The van der Waals surface area contributed by atoms with Crippen LogP contribution in [-0.4, -0.2) is 41.0 Å². The van der Waals surface area contributed by atoms with Crippen LogP contribution < -0.4 is 10.1 Å². The van der Waals surface area contributed by atoms with Crippen molar-refractivity contribution in [3.63, 3.8) is 0 Å². The average Bonchev–Trinajstić information content (AvgIpc) is 3.14. The van der Waals surface area contributed by atoms with Gasteiger partial charge in [0.1, 0.15) is 23.5 Å². The molecule has 2 aromatic carbocycles. The topological polar surface area (TPSA) is 78.8 Å². The molecule has 0 saturated carbocycles. The molecule has 0 aromatic heterocycles. The molecule has 0 heterocycles. The van der Waals surface area contributed by atoms with E-state index in [2.05, 4.69) is 43.4 Å². The molecule has 0 aliphatic heterocycles. The molecule has 3 rings (SSSR count). The summed E-state index contributed by atoms with van der Waals surface area (Å²) < 4.78 is 5.65. The van der Waals surface area contributed by atoms with Crippen LogP contribution >= 0.6 is 23.2 Å². The monoisotopic (exact) mass is 477 g/mol. The largest absolute Gasteiger partial charge is 0.489 e. The maximum atomic E-state index is 10.7. The van der Waals surface area contributed by atoms with Crippen LogP contribution in [0.5, 0.6) is 5.75 Å². The lowest BCUT2D eigenvalue weighted by atomic mass is 9.88. The number of fused-ring (bicyclic) bond motifs is 1. The van der Waals surface area contributed by atoms with Crippen LogP contribution in [0.3, 0.4) is 0 Å². The molecule has 172 valence electrons. The third-order valence-electron chi connectivity index (χ3n) is 5.66. The Morgan fingerprint density at radius 1 is 1.19 bits per heavy atom. The fourth-order valence-electron chi connectivity index (χ4n) is 4.18. The maximum Gasteiger partial charge on any atom is 0.328 e. The molecule has 3 N–H and O–H groups in total. The van der Waals surface area contributed by atoms with E-state index in [1.165, 1.54) is 17.2 Å². The third-order valence-corrected chi connectivity index (χ3v) is 6.54. The number of β-amino-alcohol motifs (C(OH)–C–C–N with tert-alkyl or cyclic N) is 1. The van der Waals surface area contributed by atoms with Gasteiger partial charge in [0, 0.05) is 18.2 Å². The van der Waals surface area contributed by atoms with Crippen LogP contribution in [0.4, 0.5) is 0 Å². The van der Waals surface area contributed by atoms with Gasteiger partial charge in [-0.1, -0.05) is 47.5 Å². The summed E-state index contributed by atoms with van der Waals surface area (Å²) >= 11 is 12.4. The van der Waals surface area contributed by atoms with Crippen molar-refractivity contribution in [3.05, 3.63) is 69.2 Å². The van der Waals surface area contributed by atoms with Gasteiger partial charge in [0.15, 0.2) is 0 Å². The van der Waals surface area contributed by atoms with E-state index in [9.17, 15) is 9.90 Å². The summed E-state index contributed by atoms with van der Waals surface area (Å²) in [6.45, 7) is 4.75. The molecule has 2 aromatic rings. The van der Waals surface area contributed by atoms with E-state index in [0.29, 0.717) is 23.8 Å². The predicted molar refractivity (Wildman–Crippen MR) is 129 cm³/mol. The van der Waals surface area contributed by atoms with Crippen molar-refractivity contribution < 1.29 is 19.7 Å². The minimum atomic E-state index is -1.08. The summed E-state index contributed by atoms with van der Waals surface area (Å²) in [5.41, 5.74) is 3.25. The molecule has 7 heteroatoms. The molecule has 0 saturated heterocycles. The lowest BCUT2D eigenvalue weighted by Gasteiger charge is -2.30. The third kappa shape index (κ3) is 6.72. The van der Waals surface area contributed by atoms with Gasteiger partial charge in [-0.25, -0.2) is 4.79 Å². The standard InChI is InChI=1S/C25H29Cl2NO4/c1-25(2,13-16-11-18-5-3-4-6-19(18)12-16)28-14-20(29)15-32-21-9-7-17(8-10-22(30)31)23(26)24(21)27/h3-10,16,20,28-29H,11-15H2,1-2H3,(H,30,31)/b10-8+/t20-/m0/s1. The second kappa shape index (κ2) is 10.7. The van der Waals surface area contributed by atoms with Crippen molar-refractivity contribution in [2.75, 3.05) is 13.2 Å². The number of aliphatic hydroxyl groups excluding tert-OH is 1. The van der Waals surface area contributed by atoms with Gasteiger partial charge in [0.05, 0.1) is 5.02 Å². The molecule has 0 unspecified atom stereocenters. The van der Waals surface area contributed by atoms with Crippen LogP contribution in [-0.2, 0) is 17.6 Å². The van der Waals surface area contributed by atoms with Gasteiger partial charge in [-0.3, -0.25) is 0 Å². The second-order valence-electron chi connectivity index (χ2n) is 8.93. The fourth-order valence-corrected chi connectivity index (χ4v) is 4.62. The first-order chi connectivity index (χ1) is 15.1. The highest BCUT2D eigenvalue weighted by molar-refractivity contribution is 6.43. The summed E-state index contributed by atoms with van der Waals surface area (Å²) in [4.78, 5) is 10.7. The van der Waals surface area contributed by atoms with Gasteiger partial charge in [-0.15, -0.1) is 0 Å². The zero-order chi connectivity index (χ0) is 23.3. The first-order valence-electron chi connectivity index (χ1n) is 10.7. The van der Waals surface area contributed by atoms with E-state index >= 15 is 0 Å². The van der Waals surface area contributed by atoms with Crippen LogP contribution in [0.2, 0.25) is 10.0 Å². The lowest BCUT2D eigenvalue weighted by Crippen LogP contribution is -2.46. The number of carboxylic acid groups (broad SMARTS) is 1. The predicted octanol–water partition coefficient (Wildman–Crippen LogP) is 5.00. The molecule has 0 fully saturated rings. The first kappa shape index (κ1) is 24.6. The number of aliphatic carboxylic acids is 1. The van der Waals surface area contributed by atoms with Gasteiger partial charge in [0.25, 0.3) is 0 Å². The quantitative estimate of drug-likeness (QED) is 0.419. The van der Waals surface area contributed by atoms with Crippen LogP contribution in [0, 0.1) is 5.92 Å². The minimum Gasteiger partial charge on any atom is -0.489 e. The number of aliphatic hydroxyl groups is 1.